The minimum Gasteiger partial charge on any atom is -0.466 e. The Morgan fingerprint density at radius 2 is 1.79 bits per heavy atom. The molecule has 0 unspecified atom stereocenters. The number of nitrogens with one attached hydrogen (secondary N) is 2. The van der Waals surface area contributed by atoms with Crippen molar-refractivity contribution in [2.45, 2.75) is 26.3 Å². The van der Waals surface area contributed by atoms with Crippen LogP contribution in [0.15, 0.2) is 46.0 Å². The number of hydrogen-bond donors (Lipinski definition) is 2. The minimum atomic E-state index is -0.442. The van der Waals surface area contributed by atoms with E-state index in [4.69, 9.17) is 4.74 Å². The normalized spacial score (nSPS) is 10.4. The number of amides is 1. The lowest BCUT2D eigenvalue weighted by Gasteiger charge is -2.15. The van der Waals surface area contributed by atoms with Gasteiger partial charge in [-0.1, -0.05) is 30.3 Å². The zero-order chi connectivity index (χ0) is 21.2. The first-order valence-electron chi connectivity index (χ1n) is 9.43. The summed E-state index contributed by atoms with van der Waals surface area (Å²) in [6.45, 7) is 2.74. The number of carbonyl (C=O) groups excluding carboxylic acids is 2. The molecule has 1 amide bonds. The summed E-state index contributed by atoms with van der Waals surface area (Å²) in [6.07, 6.45) is 0.232. The van der Waals surface area contributed by atoms with Crippen LogP contribution in [0.3, 0.4) is 0 Å². The van der Waals surface area contributed by atoms with E-state index in [0.29, 0.717) is 19.0 Å². The van der Waals surface area contributed by atoms with Gasteiger partial charge in [0.15, 0.2) is 0 Å². The van der Waals surface area contributed by atoms with Crippen LogP contribution in [-0.4, -0.2) is 40.7 Å². The van der Waals surface area contributed by atoms with Crippen LogP contribution in [0, 0.1) is 0 Å². The Bertz CT molecular complexity index is 950. The van der Waals surface area contributed by atoms with E-state index in [-0.39, 0.29) is 37.8 Å². The van der Waals surface area contributed by atoms with E-state index >= 15 is 0 Å². The van der Waals surface area contributed by atoms with Crippen molar-refractivity contribution in [2.24, 2.45) is 7.05 Å². The molecule has 156 valence electrons. The average Bonchev–Trinajstić information content (AvgIpc) is 2.70. The first-order chi connectivity index (χ1) is 13.9. The van der Waals surface area contributed by atoms with Crippen molar-refractivity contribution < 1.29 is 14.3 Å². The van der Waals surface area contributed by atoms with Crippen LogP contribution in [0.2, 0.25) is 0 Å². The molecule has 2 N–H and O–H groups in total. The van der Waals surface area contributed by atoms with Crippen molar-refractivity contribution in [3.8, 4) is 0 Å². The van der Waals surface area contributed by atoms with Gasteiger partial charge in [-0.15, -0.1) is 0 Å². The van der Waals surface area contributed by atoms with Gasteiger partial charge in [-0.2, -0.15) is 0 Å². The number of carbonyl (C=O) groups is 2. The van der Waals surface area contributed by atoms with E-state index in [2.05, 4.69) is 10.6 Å². The van der Waals surface area contributed by atoms with Gasteiger partial charge in [0.2, 0.25) is 5.91 Å². The summed E-state index contributed by atoms with van der Waals surface area (Å²) in [4.78, 5) is 47.7. The molecule has 0 aliphatic rings. The molecule has 0 fully saturated rings. The quantitative estimate of drug-likeness (QED) is 0.559. The number of esters is 1. The third-order valence-electron chi connectivity index (χ3n) is 4.20. The average molecular weight is 402 g/mol. The van der Waals surface area contributed by atoms with Crippen molar-refractivity contribution >= 4 is 17.7 Å². The van der Waals surface area contributed by atoms with Gasteiger partial charge in [0.05, 0.1) is 19.6 Å². The minimum absolute atomic E-state index is 0.109. The first-order valence-corrected chi connectivity index (χ1v) is 9.43. The molecule has 0 spiro atoms. The zero-order valence-corrected chi connectivity index (χ0v) is 16.6. The summed E-state index contributed by atoms with van der Waals surface area (Å²) in [5, 5.41) is 5.62. The molecule has 2 rings (SSSR count). The Balaban J connectivity index is 1.97. The van der Waals surface area contributed by atoms with Gasteiger partial charge in [0.25, 0.3) is 5.56 Å². The molecule has 2 aromatic rings. The van der Waals surface area contributed by atoms with Crippen LogP contribution < -0.4 is 21.9 Å². The zero-order valence-electron chi connectivity index (χ0n) is 16.6. The molecule has 0 radical (unpaired) electrons. The maximum absolute atomic E-state index is 12.5. The van der Waals surface area contributed by atoms with E-state index in [1.54, 1.807) is 6.92 Å². The van der Waals surface area contributed by atoms with E-state index in [0.717, 1.165) is 10.1 Å². The predicted octanol–water partition coefficient (Wildman–Crippen LogP) is 0.467. The molecule has 0 atom stereocenters. The molecule has 1 heterocycles. The number of hydrogen-bond acceptors (Lipinski definition) is 6. The predicted molar refractivity (Wildman–Crippen MR) is 109 cm³/mol. The first kappa shape index (κ1) is 21.9. The van der Waals surface area contributed by atoms with Crippen molar-refractivity contribution in [3.63, 3.8) is 0 Å². The largest absolute Gasteiger partial charge is 0.466 e. The van der Waals surface area contributed by atoms with Crippen LogP contribution in [0.5, 0.6) is 0 Å². The van der Waals surface area contributed by atoms with Gasteiger partial charge in [0.1, 0.15) is 5.82 Å². The second kappa shape index (κ2) is 10.8. The van der Waals surface area contributed by atoms with E-state index in [1.165, 1.54) is 17.7 Å². The molecule has 9 heteroatoms. The molecular weight excluding hydrogens is 376 g/mol. The SMILES string of the molecule is CCOC(=O)CCNC(=O)CCNc1cc(=O)n(C)c(=O)n1Cc1ccccc1. The van der Waals surface area contributed by atoms with Crippen molar-refractivity contribution in [3.05, 3.63) is 62.8 Å². The van der Waals surface area contributed by atoms with Crippen LogP contribution >= 0.6 is 0 Å². The molecule has 0 saturated heterocycles. The Labute approximate surface area is 168 Å². The Hall–Kier alpha value is -3.36. The Morgan fingerprint density at radius 1 is 1.07 bits per heavy atom. The summed E-state index contributed by atoms with van der Waals surface area (Å²) in [5.41, 5.74) is 0.0384. The molecule has 0 bridgehead atoms. The third kappa shape index (κ3) is 6.63. The molecule has 9 nitrogen and oxygen atoms in total. The Kier molecular flexibility index (Phi) is 8.20. The number of nitrogens with zero attached hydrogens (tertiary/aromatic N) is 2. The maximum Gasteiger partial charge on any atom is 0.332 e. The Morgan fingerprint density at radius 3 is 2.48 bits per heavy atom. The van der Waals surface area contributed by atoms with Gasteiger partial charge in [0, 0.05) is 32.6 Å². The van der Waals surface area contributed by atoms with Crippen LogP contribution in [-0.2, 0) is 27.9 Å². The summed E-state index contributed by atoms with van der Waals surface area (Å²) < 4.78 is 7.28. The fraction of sp³-hybridized carbons (Fsp3) is 0.400. The van der Waals surface area contributed by atoms with E-state index in [1.807, 2.05) is 30.3 Å². The van der Waals surface area contributed by atoms with Crippen molar-refractivity contribution in [2.75, 3.05) is 25.0 Å². The topological polar surface area (TPSA) is 111 Å². The van der Waals surface area contributed by atoms with Crippen molar-refractivity contribution in [1.82, 2.24) is 14.5 Å². The highest BCUT2D eigenvalue weighted by molar-refractivity contribution is 5.77. The third-order valence-corrected chi connectivity index (χ3v) is 4.20. The molecule has 0 aliphatic heterocycles. The van der Waals surface area contributed by atoms with E-state index in [9.17, 15) is 19.2 Å². The lowest BCUT2D eigenvalue weighted by Crippen LogP contribution is -2.39. The molecule has 0 aliphatic carbocycles. The van der Waals surface area contributed by atoms with Crippen LogP contribution in [0.4, 0.5) is 5.82 Å². The second-order valence-corrected chi connectivity index (χ2v) is 6.36. The number of aromatic nitrogens is 2. The highest BCUT2D eigenvalue weighted by atomic mass is 16.5. The van der Waals surface area contributed by atoms with Gasteiger partial charge in [-0.3, -0.25) is 23.5 Å². The highest BCUT2D eigenvalue weighted by Gasteiger charge is 2.11. The molecular formula is C20H26N4O5. The molecule has 29 heavy (non-hydrogen) atoms. The maximum atomic E-state index is 12.5. The number of rotatable bonds is 10. The summed E-state index contributed by atoms with van der Waals surface area (Å²) >= 11 is 0. The molecule has 0 saturated carbocycles. The standard InChI is InChI=1S/C20H26N4O5/c1-3-29-19(27)10-12-22-17(25)9-11-21-16-13-18(26)23(2)20(28)24(16)14-15-7-5-4-6-8-15/h4-8,13,21H,3,9-12,14H2,1-2H3,(H,22,25). The fourth-order valence-corrected chi connectivity index (χ4v) is 2.66. The van der Waals surface area contributed by atoms with Gasteiger partial charge >= 0.3 is 11.7 Å². The number of anilines is 1. The van der Waals surface area contributed by atoms with Gasteiger partial charge < -0.3 is 15.4 Å². The summed E-state index contributed by atoms with van der Waals surface area (Å²) in [6, 6.07) is 10.7. The number of benzene rings is 1. The van der Waals surface area contributed by atoms with Crippen LogP contribution in [0.25, 0.3) is 0 Å². The van der Waals surface area contributed by atoms with Crippen molar-refractivity contribution in [1.29, 1.82) is 0 Å². The molecule has 1 aromatic carbocycles. The monoisotopic (exact) mass is 402 g/mol. The highest BCUT2D eigenvalue weighted by Crippen LogP contribution is 2.07. The van der Waals surface area contributed by atoms with E-state index < -0.39 is 11.2 Å². The fourth-order valence-electron chi connectivity index (χ4n) is 2.66. The second-order valence-electron chi connectivity index (χ2n) is 6.36. The smallest absolute Gasteiger partial charge is 0.332 e. The van der Waals surface area contributed by atoms with Gasteiger partial charge in [-0.25, -0.2) is 4.79 Å². The lowest BCUT2D eigenvalue weighted by atomic mass is 10.2. The summed E-state index contributed by atoms with van der Waals surface area (Å²) in [7, 11) is 1.42. The molecule has 1 aromatic heterocycles. The van der Waals surface area contributed by atoms with Gasteiger partial charge in [-0.05, 0) is 12.5 Å². The number of ether oxygens (including phenoxy) is 1. The lowest BCUT2D eigenvalue weighted by molar-refractivity contribution is -0.143. The summed E-state index contributed by atoms with van der Waals surface area (Å²) in [5.74, 6) is -0.264. The van der Waals surface area contributed by atoms with Crippen LogP contribution in [0.1, 0.15) is 25.3 Å².